The molecule has 0 aromatic heterocycles. The van der Waals surface area contributed by atoms with Crippen LogP contribution in [-0.2, 0) is 19.6 Å². The summed E-state index contributed by atoms with van der Waals surface area (Å²) in [6.45, 7) is 2.04. The number of primary amides is 1. The highest BCUT2D eigenvalue weighted by molar-refractivity contribution is 7.89. The number of carbonyl (C=O) groups is 3. The molecule has 0 unspecified atom stereocenters. The van der Waals surface area contributed by atoms with Gasteiger partial charge in [-0.15, -0.1) is 0 Å². The number of nitrogens with one attached hydrogen (secondary N) is 1. The van der Waals surface area contributed by atoms with Crippen LogP contribution >= 0.6 is 0 Å². The molecule has 1 fully saturated rings. The van der Waals surface area contributed by atoms with Crippen molar-refractivity contribution in [1.82, 2.24) is 9.62 Å². The van der Waals surface area contributed by atoms with Gasteiger partial charge in [0.2, 0.25) is 10.0 Å². The number of hydrogen-bond donors (Lipinski definition) is 2. The van der Waals surface area contributed by atoms with E-state index in [0.29, 0.717) is 13.1 Å². The number of nitrogens with two attached hydrogens (primary N) is 1. The van der Waals surface area contributed by atoms with Crippen LogP contribution in [0.1, 0.15) is 30.1 Å². The third-order valence-corrected chi connectivity index (χ3v) is 5.90. The van der Waals surface area contributed by atoms with Gasteiger partial charge in [-0.05, 0) is 38.0 Å². The maximum absolute atomic E-state index is 12.8. The van der Waals surface area contributed by atoms with Crippen molar-refractivity contribution in [2.75, 3.05) is 20.2 Å². The predicted molar refractivity (Wildman–Crippen MR) is 93.6 cm³/mol. The van der Waals surface area contributed by atoms with Crippen molar-refractivity contribution >= 4 is 27.9 Å². The van der Waals surface area contributed by atoms with Crippen LogP contribution in [0, 0.1) is 0 Å². The topological polar surface area (TPSA) is 145 Å². The Labute approximate surface area is 156 Å². The van der Waals surface area contributed by atoms with Crippen molar-refractivity contribution in [1.29, 1.82) is 0 Å². The minimum absolute atomic E-state index is 0.0766. The molecule has 1 aliphatic heterocycles. The first kappa shape index (κ1) is 20.6. The maximum atomic E-state index is 12.8. The molecule has 1 aliphatic rings. The van der Waals surface area contributed by atoms with Gasteiger partial charge in [0.1, 0.15) is 10.6 Å². The lowest BCUT2D eigenvalue weighted by Crippen LogP contribution is -2.42. The number of amides is 3. The van der Waals surface area contributed by atoms with E-state index in [1.165, 1.54) is 30.5 Å². The van der Waals surface area contributed by atoms with Crippen molar-refractivity contribution in [3.8, 4) is 5.75 Å². The Morgan fingerprint density at radius 3 is 2.41 bits per heavy atom. The quantitative estimate of drug-likeness (QED) is 0.651. The van der Waals surface area contributed by atoms with Gasteiger partial charge in [-0.1, -0.05) is 0 Å². The third-order valence-electron chi connectivity index (χ3n) is 3.98. The highest BCUT2D eigenvalue weighted by atomic mass is 32.2. The number of methoxy groups -OCH3 is 1. The lowest BCUT2D eigenvalue weighted by atomic mass is 10.2. The van der Waals surface area contributed by atoms with E-state index < -0.39 is 34.0 Å². The maximum Gasteiger partial charge on any atom is 0.338 e. The molecule has 2 rings (SSSR count). The first-order valence-electron chi connectivity index (χ1n) is 8.16. The molecule has 0 radical (unpaired) electrons. The molecule has 0 bridgehead atoms. The Hall–Kier alpha value is -2.66. The summed E-state index contributed by atoms with van der Waals surface area (Å²) in [5.41, 5.74) is 4.76. The van der Waals surface area contributed by atoms with Crippen molar-refractivity contribution in [3.05, 3.63) is 23.8 Å². The molecule has 3 N–H and O–H groups in total. The molecule has 1 atom stereocenters. The normalized spacial score (nSPS) is 15.8. The molecule has 0 spiro atoms. The van der Waals surface area contributed by atoms with Crippen LogP contribution in [0.5, 0.6) is 5.75 Å². The molecule has 3 amide bonds. The molecule has 1 aromatic rings. The summed E-state index contributed by atoms with van der Waals surface area (Å²) in [4.78, 5) is 34.4. The van der Waals surface area contributed by atoms with E-state index in [1.54, 1.807) is 5.32 Å². The summed E-state index contributed by atoms with van der Waals surface area (Å²) in [5, 5.41) is 1.79. The van der Waals surface area contributed by atoms with E-state index in [2.05, 4.69) is 0 Å². The third kappa shape index (κ3) is 4.74. The zero-order chi connectivity index (χ0) is 20.2. The summed E-state index contributed by atoms with van der Waals surface area (Å²) in [6.07, 6.45) is 0.219. The minimum Gasteiger partial charge on any atom is -0.495 e. The largest absolute Gasteiger partial charge is 0.495 e. The number of urea groups is 1. The summed E-state index contributed by atoms with van der Waals surface area (Å²) < 4.78 is 37.0. The molecule has 27 heavy (non-hydrogen) atoms. The predicted octanol–water partition coefficient (Wildman–Crippen LogP) is 0.220. The van der Waals surface area contributed by atoms with Gasteiger partial charge in [0, 0.05) is 13.1 Å². The fourth-order valence-corrected chi connectivity index (χ4v) is 4.28. The molecule has 11 heteroatoms. The van der Waals surface area contributed by atoms with Gasteiger partial charge in [-0.25, -0.2) is 18.0 Å². The average Bonchev–Trinajstić information content (AvgIpc) is 3.15. The summed E-state index contributed by atoms with van der Waals surface area (Å²) in [7, 11) is -2.51. The van der Waals surface area contributed by atoms with Gasteiger partial charge >= 0.3 is 12.0 Å². The fourth-order valence-electron chi connectivity index (χ4n) is 2.58. The zero-order valence-corrected chi connectivity index (χ0v) is 15.7. The van der Waals surface area contributed by atoms with Gasteiger partial charge in [-0.2, -0.15) is 4.31 Å². The molecule has 1 heterocycles. The number of ether oxygens (including phenoxy) is 2. The monoisotopic (exact) mass is 399 g/mol. The molecular weight excluding hydrogens is 378 g/mol. The Morgan fingerprint density at radius 1 is 1.22 bits per heavy atom. The first-order valence-corrected chi connectivity index (χ1v) is 9.60. The van der Waals surface area contributed by atoms with Crippen LogP contribution < -0.4 is 15.8 Å². The second-order valence-electron chi connectivity index (χ2n) is 5.88. The van der Waals surface area contributed by atoms with Crippen LogP contribution in [-0.4, -0.2) is 56.9 Å². The van der Waals surface area contributed by atoms with E-state index in [9.17, 15) is 22.8 Å². The van der Waals surface area contributed by atoms with Crippen LogP contribution in [0.3, 0.4) is 0 Å². The zero-order valence-electron chi connectivity index (χ0n) is 14.9. The molecule has 0 aliphatic carbocycles. The highest BCUT2D eigenvalue weighted by Gasteiger charge is 2.31. The fraction of sp³-hybridized carbons (Fsp3) is 0.438. The molecule has 10 nitrogen and oxygen atoms in total. The number of hydrogen-bond acceptors (Lipinski definition) is 7. The standard InChI is InChI=1S/C16H21N3O7S/c1-10(14(20)18-16(17)22)26-15(21)11-5-6-12(25-2)13(9-11)27(23,24)19-7-3-4-8-19/h5-6,9-10H,3-4,7-8H2,1-2H3,(H3,17,18,20,22)/t10-/m1/s1. The number of rotatable bonds is 6. The summed E-state index contributed by atoms with van der Waals surface area (Å²) in [6, 6.07) is 2.73. The van der Waals surface area contributed by atoms with Crippen molar-refractivity contribution in [3.63, 3.8) is 0 Å². The molecule has 148 valence electrons. The van der Waals surface area contributed by atoms with Crippen molar-refractivity contribution in [2.45, 2.75) is 30.8 Å². The number of imide groups is 1. The van der Waals surface area contributed by atoms with E-state index in [-0.39, 0.29) is 16.2 Å². The molecular formula is C16H21N3O7S. The second kappa shape index (κ2) is 8.35. The minimum atomic E-state index is -3.84. The van der Waals surface area contributed by atoms with Gasteiger partial charge in [0.25, 0.3) is 5.91 Å². The van der Waals surface area contributed by atoms with E-state index in [4.69, 9.17) is 15.2 Å². The van der Waals surface area contributed by atoms with Gasteiger partial charge in [-0.3, -0.25) is 10.1 Å². The molecule has 1 saturated heterocycles. The lowest BCUT2D eigenvalue weighted by Gasteiger charge is -2.18. The Balaban J connectivity index is 2.27. The van der Waals surface area contributed by atoms with Gasteiger partial charge < -0.3 is 15.2 Å². The number of sulfonamides is 1. The SMILES string of the molecule is COc1ccc(C(=O)O[C@H](C)C(=O)NC(N)=O)cc1S(=O)(=O)N1CCCC1. The molecule has 1 aromatic carbocycles. The first-order chi connectivity index (χ1) is 12.7. The van der Waals surface area contributed by atoms with Crippen LogP contribution in [0.25, 0.3) is 0 Å². The van der Waals surface area contributed by atoms with Crippen molar-refractivity contribution < 1.29 is 32.3 Å². The average molecular weight is 399 g/mol. The summed E-state index contributed by atoms with van der Waals surface area (Å²) in [5.74, 6) is -1.73. The van der Waals surface area contributed by atoms with E-state index in [1.807, 2.05) is 0 Å². The van der Waals surface area contributed by atoms with Crippen LogP contribution in [0.2, 0.25) is 0 Å². The second-order valence-corrected chi connectivity index (χ2v) is 7.78. The lowest BCUT2D eigenvalue weighted by molar-refractivity contribution is -0.127. The Morgan fingerprint density at radius 2 is 1.85 bits per heavy atom. The van der Waals surface area contributed by atoms with Crippen LogP contribution in [0.4, 0.5) is 4.79 Å². The van der Waals surface area contributed by atoms with Crippen LogP contribution in [0.15, 0.2) is 23.1 Å². The van der Waals surface area contributed by atoms with E-state index in [0.717, 1.165) is 18.9 Å². The Kier molecular flexibility index (Phi) is 6.39. The number of benzene rings is 1. The van der Waals surface area contributed by atoms with E-state index >= 15 is 0 Å². The molecule has 0 saturated carbocycles. The smallest absolute Gasteiger partial charge is 0.338 e. The van der Waals surface area contributed by atoms with Crippen molar-refractivity contribution in [2.24, 2.45) is 5.73 Å². The number of nitrogens with zero attached hydrogens (tertiary/aromatic N) is 1. The van der Waals surface area contributed by atoms with Gasteiger partial charge in [0.05, 0.1) is 12.7 Å². The summed E-state index contributed by atoms with van der Waals surface area (Å²) >= 11 is 0. The number of esters is 1. The number of carbonyl (C=O) groups excluding carboxylic acids is 3. The Bertz CT molecular complexity index is 848. The highest BCUT2D eigenvalue weighted by Crippen LogP contribution is 2.30. The van der Waals surface area contributed by atoms with Gasteiger partial charge in [0.15, 0.2) is 6.10 Å².